The third-order valence-corrected chi connectivity index (χ3v) is 6.25. The first-order valence-corrected chi connectivity index (χ1v) is 10.1. The Balaban J connectivity index is 1.36. The van der Waals surface area contributed by atoms with Gasteiger partial charge in [-0.05, 0) is 54.9 Å². The van der Waals surface area contributed by atoms with Crippen LogP contribution in [-0.4, -0.2) is 47.3 Å². The van der Waals surface area contributed by atoms with Gasteiger partial charge in [0, 0.05) is 19.5 Å². The van der Waals surface area contributed by atoms with Crippen LogP contribution in [0.25, 0.3) is 0 Å². The van der Waals surface area contributed by atoms with Crippen molar-refractivity contribution in [1.82, 2.24) is 4.90 Å². The second-order valence-corrected chi connectivity index (χ2v) is 8.49. The lowest BCUT2D eigenvalue weighted by Crippen LogP contribution is -2.41. The van der Waals surface area contributed by atoms with Crippen molar-refractivity contribution in [3.8, 4) is 5.75 Å². The minimum Gasteiger partial charge on any atom is -0.495 e. The molecule has 5 nitrogen and oxygen atoms in total. The second kappa shape index (κ2) is 7.74. The number of likely N-dealkylation sites (tertiary alicyclic amines) is 1. The molecule has 2 unspecified atom stereocenters. The molecule has 0 radical (unpaired) electrons. The monoisotopic (exact) mass is 382 g/mol. The molecule has 0 bridgehead atoms. The first-order valence-electron chi connectivity index (χ1n) is 10.1. The van der Waals surface area contributed by atoms with E-state index < -0.39 is 12.0 Å². The summed E-state index contributed by atoms with van der Waals surface area (Å²) in [5.74, 6) is 1.57. The second-order valence-electron chi connectivity index (χ2n) is 8.49. The highest BCUT2D eigenvalue weighted by Gasteiger charge is 2.49. The fraction of sp³-hybridized carbons (Fsp3) is 0.478. The van der Waals surface area contributed by atoms with Gasteiger partial charge in [-0.1, -0.05) is 36.4 Å². The summed E-state index contributed by atoms with van der Waals surface area (Å²) >= 11 is 0. The number of hydrogen-bond donors (Lipinski definition) is 3. The molecule has 0 spiro atoms. The predicted octanol–water partition coefficient (Wildman–Crippen LogP) is 3.01. The van der Waals surface area contributed by atoms with Crippen molar-refractivity contribution in [2.24, 2.45) is 11.8 Å². The SMILES string of the molecule is COc1ccc(C)cc1NC(O)N1C[C@@H]2CC(O)(Cc3ccccc3)C[C@@H]2C1. The summed E-state index contributed by atoms with van der Waals surface area (Å²) in [6, 6.07) is 16.1. The van der Waals surface area contributed by atoms with Gasteiger partial charge in [0.2, 0.25) is 0 Å². The molecular weight excluding hydrogens is 352 g/mol. The number of anilines is 1. The molecule has 4 rings (SSSR count). The van der Waals surface area contributed by atoms with Gasteiger partial charge in [0.15, 0.2) is 6.35 Å². The number of aliphatic hydroxyl groups is 2. The van der Waals surface area contributed by atoms with Gasteiger partial charge in [0.05, 0.1) is 18.4 Å². The van der Waals surface area contributed by atoms with E-state index >= 15 is 0 Å². The van der Waals surface area contributed by atoms with Crippen LogP contribution in [-0.2, 0) is 6.42 Å². The van der Waals surface area contributed by atoms with E-state index in [0.29, 0.717) is 18.3 Å². The Morgan fingerprint density at radius 3 is 2.46 bits per heavy atom. The Morgan fingerprint density at radius 1 is 1.14 bits per heavy atom. The van der Waals surface area contributed by atoms with Gasteiger partial charge >= 0.3 is 0 Å². The number of aliphatic hydroxyl groups excluding tert-OH is 1. The van der Waals surface area contributed by atoms with Gasteiger partial charge in [0.25, 0.3) is 0 Å². The lowest BCUT2D eigenvalue weighted by atomic mass is 9.91. The van der Waals surface area contributed by atoms with E-state index in [4.69, 9.17) is 4.74 Å². The van der Waals surface area contributed by atoms with Crippen molar-refractivity contribution in [2.45, 2.75) is 38.1 Å². The quantitative estimate of drug-likeness (QED) is 0.671. The van der Waals surface area contributed by atoms with Crippen LogP contribution in [0.1, 0.15) is 24.0 Å². The minimum atomic E-state index is -0.761. The first kappa shape index (κ1) is 19.2. The fourth-order valence-electron chi connectivity index (χ4n) is 4.98. The zero-order valence-electron chi connectivity index (χ0n) is 16.6. The highest BCUT2D eigenvalue weighted by molar-refractivity contribution is 5.58. The zero-order valence-corrected chi connectivity index (χ0v) is 16.6. The van der Waals surface area contributed by atoms with Crippen molar-refractivity contribution in [3.05, 3.63) is 59.7 Å². The molecule has 2 aromatic carbocycles. The van der Waals surface area contributed by atoms with Crippen molar-refractivity contribution < 1.29 is 14.9 Å². The normalized spacial score (nSPS) is 28.1. The van der Waals surface area contributed by atoms with Crippen LogP contribution in [0.3, 0.4) is 0 Å². The van der Waals surface area contributed by atoms with E-state index in [9.17, 15) is 10.2 Å². The van der Waals surface area contributed by atoms with E-state index in [1.54, 1.807) is 7.11 Å². The van der Waals surface area contributed by atoms with Gasteiger partial charge in [-0.15, -0.1) is 0 Å². The van der Waals surface area contributed by atoms with Crippen LogP contribution >= 0.6 is 0 Å². The highest BCUT2D eigenvalue weighted by Crippen LogP contribution is 2.45. The zero-order chi connectivity index (χ0) is 19.7. The van der Waals surface area contributed by atoms with Gasteiger partial charge in [-0.2, -0.15) is 0 Å². The fourth-order valence-corrected chi connectivity index (χ4v) is 4.98. The van der Waals surface area contributed by atoms with Crippen molar-refractivity contribution in [2.75, 3.05) is 25.5 Å². The van der Waals surface area contributed by atoms with E-state index in [-0.39, 0.29) is 0 Å². The van der Waals surface area contributed by atoms with E-state index in [1.807, 2.05) is 43.3 Å². The third kappa shape index (κ3) is 4.02. The number of hydrogen-bond acceptors (Lipinski definition) is 5. The van der Waals surface area contributed by atoms with Crippen LogP contribution in [0.15, 0.2) is 48.5 Å². The number of nitrogens with zero attached hydrogens (tertiary/aromatic N) is 1. The summed E-state index contributed by atoms with van der Waals surface area (Å²) in [6.07, 6.45) is 1.54. The Bertz CT molecular complexity index is 797. The molecule has 4 atom stereocenters. The molecule has 0 aromatic heterocycles. The van der Waals surface area contributed by atoms with Crippen LogP contribution in [0, 0.1) is 18.8 Å². The molecule has 150 valence electrons. The third-order valence-electron chi connectivity index (χ3n) is 6.25. The summed E-state index contributed by atoms with van der Waals surface area (Å²) in [4.78, 5) is 2.07. The number of aryl methyl sites for hydroxylation is 1. The molecule has 1 aliphatic carbocycles. The Kier molecular flexibility index (Phi) is 5.32. The van der Waals surface area contributed by atoms with Gasteiger partial charge < -0.3 is 20.3 Å². The van der Waals surface area contributed by atoms with Gasteiger partial charge in [0.1, 0.15) is 5.75 Å². The van der Waals surface area contributed by atoms with Gasteiger partial charge in [-0.3, -0.25) is 4.90 Å². The van der Waals surface area contributed by atoms with E-state index in [0.717, 1.165) is 42.9 Å². The van der Waals surface area contributed by atoms with Gasteiger partial charge in [-0.25, -0.2) is 0 Å². The number of rotatable bonds is 6. The first-order chi connectivity index (χ1) is 13.5. The maximum atomic E-state index is 11.1. The molecule has 0 amide bonds. The largest absolute Gasteiger partial charge is 0.495 e. The maximum Gasteiger partial charge on any atom is 0.184 e. The average molecular weight is 383 g/mol. The van der Waals surface area contributed by atoms with Crippen LogP contribution < -0.4 is 10.1 Å². The Labute approximate surface area is 167 Å². The molecule has 2 aliphatic rings. The minimum absolute atomic E-state index is 0.421. The number of fused-ring (bicyclic) bond motifs is 1. The molecule has 1 heterocycles. The van der Waals surface area contributed by atoms with Crippen molar-refractivity contribution in [3.63, 3.8) is 0 Å². The summed E-state index contributed by atoms with van der Waals surface area (Å²) in [6.45, 7) is 3.61. The van der Waals surface area contributed by atoms with Crippen molar-refractivity contribution >= 4 is 5.69 Å². The molecule has 1 aliphatic heterocycles. The summed E-state index contributed by atoms with van der Waals surface area (Å²) < 4.78 is 5.40. The molecule has 3 N–H and O–H groups in total. The number of methoxy groups -OCH3 is 1. The topological polar surface area (TPSA) is 65.0 Å². The van der Waals surface area contributed by atoms with E-state index in [1.165, 1.54) is 5.56 Å². The standard InChI is InChI=1S/C23H30N2O3/c1-16-8-9-21(28-2)20(10-16)24-22(26)25-14-18-12-23(27,13-19(18)15-25)11-17-6-4-3-5-7-17/h3-10,18-19,22,24,26-27H,11-15H2,1-2H3/t18-,19+,22?,23?. The summed E-state index contributed by atoms with van der Waals surface area (Å²) in [5, 5.41) is 25.0. The molecular formula is C23H30N2O3. The lowest BCUT2D eigenvalue weighted by molar-refractivity contribution is 0.00995. The molecule has 2 aromatic rings. The number of benzene rings is 2. The molecule has 28 heavy (non-hydrogen) atoms. The van der Waals surface area contributed by atoms with Crippen LogP contribution in [0.4, 0.5) is 5.69 Å². The Hall–Kier alpha value is -2.08. The molecule has 1 saturated carbocycles. The smallest absolute Gasteiger partial charge is 0.184 e. The maximum absolute atomic E-state index is 11.1. The summed E-state index contributed by atoms with van der Waals surface area (Å²) in [7, 11) is 1.63. The van der Waals surface area contributed by atoms with Crippen LogP contribution in [0.2, 0.25) is 0 Å². The van der Waals surface area contributed by atoms with Crippen molar-refractivity contribution in [1.29, 1.82) is 0 Å². The van der Waals surface area contributed by atoms with E-state index in [2.05, 4.69) is 22.3 Å². The number of nitrogens with one attached hydrogen (secondary N) is 1. The molecule has 5 heteroatoms. The predicted molar refractivity (Wildman–Crippen MR) is 110 cm³/mol. The molecule has 1 saturated heterocycles. The number of ether oxygens (including phenoxy) is 1. The summed E-state index contributed by atoms with van der Waals surface area (Å²) in [5.41, 5.74) is 2.48. The lowest BCUT2D eigenvalue weighted by Gasteiger charge is -2.29. The van der Waals surface area contributed by atoms with Crippen LogP contribution in [0.5, 0.6) is 5.75 Å². The molecule has 2 fully saturated rings. The Morgan fingerprint density at radius 2 is 1.82 bits per heavy atom. The average Bonchev–Trinajstić information content (AvgIpc) is 3.17. The highest BCUT2D eigenvalue weighted by atomic mass is 16.5.